The van der Waals surface area contributed by atoms with E-state index < -0.39 is 17.4 Å². The minimum Gasteiger partial charge on any atom is -0.480 e. The number of benzene rings is 1. The van der Waals surface area contributed by atoms with E-state index in [4.69, 9.17) is 5.11 Å². The lowest BCUT2D eigenvalue weighted by Gasteiger charge is -2.20. The van der Waals surface area contributed by atoms with Crippen molar-refractivity contribution in [3.05, 3.63) is 34.9 Å². The predicted molar refractivity (Wildman–Crippen MR) is 86.5 cm³/mol. The fourth-order valence-electron chi connectivity index (χ4n) is 2.74. The molecule has 0 heterocycles. The van der Waals surface area contributed by atoms with Gasteiger partial charge in [0.1, 0.15) is 5.54 Å². The Bertz CT molecular complexity index is 634. The number of nitrogens with one attached hydrogen (secondary N) is 1. The Morgan fingerprint density at radius 1 is 1.09 bits per heavy atom. The second-order valence-electron chi connectivity index (χ2n) is 6.59. The van der Waals surface area contributed by atoms with Crippen LogP contribution >= 0.6 is 0 Å². The molecule has 0 unspecified atom stereocenters. The van der Waals surface area contributed by atoms with E-state index in [1.54, 1.807) is 0 Å². The molecular formula is C18H23NO4. The highest BCUT2D eigenvalue weighted by molar-refractivity contribution is 5.98. The molecule has 0 fully saturated rings. The van der Waals surface area contributed by atoms with Gasteiger partial charge < -0.3 is 10.4 Å². The maximum atomic E-state index is 12.2. The zero-order valence-corrected chi connectivity index (χ0v) is 13.6. The van der Waals surface area contributed by atoms with Gasteiger partial charge in [0.15, 0.2) is 5.78 Å². The van der Waals surface area contributed by atoms with Crippen LogP contribution in [0.3, 0.4) is 0 Å². The molecule has 0 atom stereocenters. The Morgan fingerprint density at radius 2 is 1.74 bits per heavy atom. The van der Waals surface area contributed by atoms with Crippen molar-refractivity contribution in [3.8, 4) is 0 Å². The maximum Gasteiger partial charge on any atom is 0.328 e. The summed E-state index contributed by atoms with van der Waals surface area (Å²) in [5.74, 6) is -1.61. The van der Waals surface area contributed by atoms with Crippen LogP contribution in [0.2, 0.25) is 0 Å². The molecule has 5 heteroatoms. The summed E-state index contributed by atoms with van der Waals surface area (Å²) in [5, 5.41) is 11.4. The van der Waals surface area contributed by atoms with Gasteiger partial charge in [-0.05, 0) is 56.7 Å². The SMILES string of the molecule is CC(C)(NC(=O)CCC(=O)c1ccc2c(c1)CCCC2)C(=O)O. The zero-order valence-electron chi connectivity index (χ0n) is 13.6. The minimum atomic E-state index is -1.33. The summed E-state index contributed by atoms with van der Waals surface area (Å²) in [7, 11) is 0. The first-order valence-electron chi connectivity index (χ1n) is 7.99. The molecule has 1 aromatic rings. The van der Waals surface area contributed by atoms with E-state index in [-0.39, 0.29) is 18.6 Å². The summed E-state index contributed by atoms with van der Waals surface area (Å²) >= 11 is 0. The van der Waals surface area contributed by atoms with Gasteiger partial charge in [0.2, 0.25) is 5.91 Å². The van der Waals surface area contributed by atoms with Gasteiger partial charge >= 0.3 is 5.97 Å². The van der Waals surface area contributed by atoms with Crippen molar-refractivity contribution in [1.29, 1.82) is 0 Å². The van der Waals surface area contributed by atoms with Gasteiger partial charge in [-0.2, -0.15) is 0 Å². The van der Waals surface area contributed by atoms with Crippen molar-refractivity contribution in [2.75, 3.05) is 0 Å². The van der Waals surface area contributed by atoms with E-state index in [9.17, 15) is 14.4 Å². The van der Waals surface area contributed by atoms with Gasteiger partial charge in [0.05, 0.1) is 0 Å². The zero-order chi connectivity index (χ0) is 17.0. The van der Waals surface area contributed by atoms with Crippen molar-refractivity contribution in [2.45, 2.75) is 57.9 Å². The Morgan fingerprint density at radius 3 is 2.39 bits per heavy atom. The van der Waals surface area contributed by atoms with Crippen molar-refractivity contribution in [3.63, 3.8) is 0 Å². The molecule has 2 rings (SSSR count). The molecule has 5 nitrogen and oxygen atoms in total. The highest BCUT2D eigenvalue weighted by Gasteiger charge is 2.28. The van der Waals surface area contributed by atoms with Crippen LogP contribution in [-0.2, 0) is 22.4 Å². The van der Waals surface area contributed by atoms with E-state index >= 15 is 0 Å². The summed E-state index contributed by atoms with van der Waals surface area (Å²) in [6.07, 6.45) is 4.49. The molecule has 1 aliphatic rings. The van der Waals surface area contributed by atoms with Crippen molar-refractivity contribution in [1.82, 2.24) is 5.32 Å². The Balaban J connectivity index is 1.92. The Hall–Kier alpha value is -2.17. The molecule has 0 aromatic heterocycles. The first-order valence-corrected chi connectivity index (χ1v) is 7.99. The average molecular weight is 317 g/mol. The predicted octanol–water partition coefficient (Wildman–Crippen LogP) is 2.51. The highest BCUT2D eigenvalue weighted by Crippen LogP contribution is 2.23. The molecule has 124 valence electrons. The van der Waals surface area contributed by atoms with Crippen molar-refractivity contribution >= 4 is 17.7 Å². The van der Waals surface area contributed by atoms with Crippen molar-refractivity contribution < 1.29 is 19.5 Å². The van der Waals surface area contributed by atoms with Gasteiger partial charge in [0.25, 0.3) is 0 Å². The van der Waals surface area contributed by atoms with Crippen LogP contribution in [0.4, 0.5) is 0 Å². The van der Waals surface area contributed by atoms with E-state index in [1.807, 2.05) is 18.2 Å². The summed E-state index contributed by atoms with van der Waals surface area (Å²) in [4.78, 5) is 35.0. The quantitative estimate of drug-likeness (QED) is 0.790. The number of rotatable bonds is 6. The number of carbonyl (C=O) groups excluding carboxylic acids is 2. The lowest BCUT2D eigenvalue weighted by molar-refractivity contribution is -0.146. The Kier molecular flexibility index (Phi) is 5.19. The summed E-state index contributed by atoms with van der Waals surface area (Å²) < 4.78 is 0. The molecule has 1 aliphatic carbocycles. The largest absolute Gasteiger partial charge is 0.480 e. The molecule has 2 N–H and O–H groups in total. The first kappa shape index (κ1) is 17.2. The molecule has 23 heavy (non-hydrogen) atoms. The van der Waals surface area contributed by atoms with E-state index in [0.717, 1.165) is 19.3 Å². The van der Waals surface area contributed by atoms with Crippen LogP contribution in [0.15, 0.2) is 18.2 Å². The normalized spacial score (nSPS) is 14.0. The number of ketones is 1. The monoisotopic (exact) mass is 317 g/mol. The number of fused-ring (bicyclic) bond motifs is 1. The van der Waals surface area contributed by atoms with Gasteiger partial charge in [-0.15, -0.1) is 0 Å². The standard InChI is InChI=1S/C18H23NO4/c1-18(2,17(22)23)19-16(21)10-9-15(20)14-8-7-12-5-3-4-6-13(12)11-14/h7-8,11H,3-6,9-10H2,1-2H3,(H,19,21)(H,22,23). The highest BCUT2D eigenvalue weighted by atomic mass is 16.4. The second-order valence-corrected chi connectivity index (χ2v) is 6.59. The summed E-state index contributed by atoms with van der Waals surface area (Å²) in [6.45, 7) is 2.83. The van der Waals surface area contributed by atoms with Gasteiger partial charge in [-0.25, -0.2) is 4.79 Å². The van der Waals surface area contributed by atoms with Crippen LogP contribution in [-0.4, -0.2) is 28.3 Å². The fraction of sp³-hybridized carbons (Fsp3) is 0.500. The van der Waals surface area contributed by atoms with Crippen LogP contribution in [0.25, 0.3) is 0 Å². The third-order valence-electron chi connectivity index (χ3n) is 4.24. The maximum absolute atomic E-state index is 12.2. The number of hydrogen-bond donors (Lipinski definition) is 2. The molecular weight excluding hydrogens is 294 g/mol. The van der Waals surface area contributed by atoms with E-state index in [2.05, 4.69) is 5.32 Å². The van der Waals surface area contributed by atoms with Gasteiger partial charge in [-0.3, -0.25) is 9.59 Å². The molecule has 0 bridgehead atoms. The van der Waals surface area contributed by atoms with Crippen LogP contribution in [0.1, 0.15) is 61.0 Å². The molecule has 0 radical (unpaired) electrons. The van der Waals surface area contributed by atoms with Crippen LogP contribution in [0.5, 0.6) is 0 Å². The lowest BCUT2D eigenvalue weighted by atomic mass is 9.89. The molecule has 1 aromatic carbocycles. The third kappa shape index (κ3) is 4.41. The first-order chi connectivity index (χ1) is 10.8. The minimum absolute atomic E-state index is 0.00731. The number of aliphatic carboxylic acids is 1. The number of carbonyl (C=O) groups is 3. The van der Waals surface area contributed by atoms with Crippen LogP contribution < -0.4 is 5.32 Å². The molecule has 0 aliphatic heterocycles. The topological polar surface area (TPSA) is 83.5 Å². The van der Waals surface area contributed by atoms with Gasteiger partial charge in [0, 0.05) is 18.4 Å². The third-order valence-corrected chi connectivity index (χ3v) is 4.24. The average Bonchev–Trinajstić information content (AvgIpc) is 2.51. The molecule has 0 saturated carbocycles. The van der Waals surface area contributed by atoms with E-state index in [1.165, 1.54) is 31.4 Å². The number of amides is 1. The molecule has 1 amide bonds. The van der Waals surface area contributed by atoms with E-state index in [0.29, 0.717) is 5.56 Å². The summed E-state index contributed by atoms with van der Waals surface area (Å²) in [5.41, 5.74) is 1.86. The lowest BCUT2D eigenvalue weighted by Crippen LogP contribution is -2.49. The summed E-state index contributed by atoms with van der Waals surface area (Å²) in [6, 6.07) is 5.77. The van der Waals surface area contributed by atoms with Gasteiger partial charge in [-0.1, -0.05) is 12.1 Å². The smallest absolute Gasteiger partial charge is 0.328 e. The second kappa shape index (κ2) is 6.94. The number of hydrogen-bond acceptors (Lipinski definition) is 3. The number of carboxylic acids is 1. The fourth-order valence-corrected chi connectivity index (χ4v) is 2.74. The molecule has 0 saturated heterocycles. The number of aryl methyl sites for hydroxylation is 2. The number of carboxylic acid groups (broad SMARTS) is 1. The number of Topliss-reactive ketones (excluding diaryl/α,β-unsaturated/α-hetero) is 1. The Labute approximate surface area is 136 Å². The van der Waals surface area contributed by atoms with Crippen molar-refractivity contribution in [2.24, 2.45) is 0 Å². The van der Waals surface area contributed by atoms with Crippen LogP contribution in [0, 0.1) is 0 Å². The molecule has 0 spiro atoms.